The topological polar surface area (TPSA) is 53.4 Å². The van der Waals surface area contributed by atoms with E-state index in [0.29, 0.717) is 5.92 Å². The molecule has 1 fully saturated rings. The monoisotopic (exact) mass is 250 g/mol. The predicted octanol–water partition coefficient (Wildman–Crippen LogP) is 1.65. The highest BCUT2D eigenvalue weighted by atomic mass is 16.5. The van der Waals surface area contributed by atoms with Crippen LogP contribution in [0, 0.1) is 0 Å². The molecule has 1 aromatic heterocycles. The lowest BCUT2D eigenvalue weighted by molar-refractivity contribution is -0.132. The largest absolute Gasteiger partial charge is 0.423 e. The maximum atomic E-state index is 11.3. The van der Waals surface area contributed by atoms with E-state index in [0.717, 1.165) is 62.6 Å². The van der Waals surface area contributed by atoms with Gasteiger partial charge in [0.05, 0.1) is 5.69 Å². The molecule has 0 aromatic carbocycles. The van der Waals surface area contributed by atoms with Crippen LogP contribution in [0.25, 0.3) is 0 Å². The highest BCUT2D eigenvalue weighted by Crippen LogP contribution is 2.37. The van der Waals surface area contributed by atoms with Crippen LogP contribution in [0.3, 0.4) is 0 Å². The van der Waals surface area contributed by atoms with Crippen molar-refractivity contribution in [3.63, 3.8) is 0 Å². The van der Waals surface area contributed by atoms with Gasteiger partial charge < -0.3 is 9.47 Å². The summed E-state index contributed by atoms with van der Waals surface area (Å²) >= 11 is 0. The molecule has 5 nitrogen and oxygen atoms in total. The molecule has 5 heteroatoms. The Hall–Kier alpha value is -1.36. The molecule has 0 aliphatic carbocycles. The molecule has 1 aromatic rings. The SMILES string of the molecule is CC(=O)Oc1c(C2CCOCC2)nn2c1CCC2. The van der Waals surface area contributed by atoms with Crippen LogP contribution in [0.15, 0.2) is 0 Å². The second kappa shape index (κ2) is 4.72. The minimum Gasteiger partial charge on any atom is -0.423 e. The summed E-state index contributed by atoms with van der Waals surface area (Å²) in [6, 6.07) is 0. The van der Waals surface area contributed by atoms with Crippen LogP contribution in [0.2, 0.25) is 0 Å². The Balaban J connectivity index is 1.94. The number of fused-ring (bicyclic) bond motifs is 1. The van der Waals surface area contributed by atoms with Gasteiger partial charge in [0.25, 0.3) is 0 Å². The second-order valence-corrected chi connectivity index (χ2v) is 4.97. The molecule has 0 saturated carbocycles. The standard InChI is InChI=1S/C13H18N2O3/c1-9(16)18-13-11-3-2-6-15(11)14-12(13)10-4-7-17-8-5-10/h10H,2-8H2,1H3. The average Bonchev–Trinajstić information content (AvgIpc) is 2.93. The first kappa shape index (κ1) is 11.7. The smallest absolute Gasteiger partial charge is 0.308 e. The molecular weight excluding hydrogens is 232 g/mol. The van der Waals surface area contributed by atoms with Gasteiger partial charge >= 0.3 is 5.97 Å². The molecule has 0 amide bonds. The van der Waals surface area contributed by atoms with E-state index in [2.05, 4.69) is 5.10 Å². The molecule has 0 bridgehead atoms. The number of aromatic nitrogens is 2. The van der Waals surface area contributed by atoms with Gasteiger partial charge in [0, 0.05) is 32.6 Å². The van der Waals surface area contributed by atoms with E-state index in [1.54, 1.807) is 0 Å². The van der Waals surface area contributed by atoms with Gasteiger partial charge in [-0.15, -0.1) is 0 Å². The number of aryl methyl sites for hydroxylation is 1. The van der Waals surface area contributed by atoms with Gasteiger partial charge in [0.2, 0.25) is 0 Å². The van der Waals surface area contributed by atoms with Crippen molar-refractivity contribution in [1.82, 2.24) is 9.78 Å². The normalized spacial score (nSPS) is 19.8. The number of ether oxygens (including phenoxy) is 2. The van der Waals surface area contributed by atoms with Gasteiger partial charge in [-0.3, -0.25) is 9.48 Å². The maximum Gasteiger partial charge on any atom is 0.308 e. The molecule has 3 heterocycles. The van der Waals surface area contributed by atoms with E-state index in [-0.39, 0.29) is 5.97 Å². The van der Waals surface area contributed by atoms with E-state index in [4.69, 9.17) is 9.47 Å². The fourth-order valence-corrected chi connectivity index (χ4v) is 2.82. The van der Waals surface area contributed by atoms with Crippen molar-refractivity contribution in [2.75, 3.05) is 13.2 Å². The van der Waals surface area contributed by atoms with Crippen LogP contribution < -0.4 is 4.74 Å². The van der Waals surface area contributed by atoms with Crippen molar-refractivity contribution in [2.45, 2.75) is 45.1 Å². The molecule has 3 rings (SSSR count). The molecule has 1 saturated heterocycles. The van der Waals surface area contributed by atoms with Gasteiger partial charge in [0.1, 0.15) is 5.69 Å². The number of carbonyl (C=O) groups excluding carboxylic acids is 1. The van der Waals surface area contributed by atoms with Crippen LogP contribution in [-0.4, -0.2) is 29.0 Å². The molecule has 0 unspecified atom stereocenters. The van der Waals surface area contributed by atoms with Crippen LogP contribution >= 0.6 is 0 Å². The summed E-state index contributed by atoms with van der Waals surface area (Å²) in [7, 11) is 0. The van der Waals surface area contributed by atoms with Gasteiger partial charge in [0.15, 0.2) is 5.75 Å². The van der Waals surface area contributed by atoms with Crippen LogP contribution in [0.1, 0.15) is 43.5 Å². The van der Waals surface area contributed by atoms with Crippen molar-refractivity contribution in [2.24, 2.45) is 0 Å². The van der Waals surface area contributed by atoms with Crippen molar-refractivity contribution in [1.29, 1.82) is 0 Å². The summed E-state index contributed by atoms with van der Waals surface area (Å²) in [4.78, 5) is 11.3. The molecular formula is C13H18N2O3. The quantitative estimate of drug-likeness (QED) is 0.749. The molecule has 0 radical (unpaired) electrons. The van der Waals surface area contributed by atoms with E-state index < -0.39 is 0 Å². The fourth-order valence-electron chi connectivity index (χ4n) is 2.82. The number of esters is 1. The molecule has 2 aliphatic heterocycles. The Labute approximate surface area is 106 Å². The van der Waals surface area contributed by atoms with Crippen LogP contribution in [-0.2, 0) is 22.5 Å². The lowest BCUT2D eigenvalue weighted by Crippen LogP contribution is -2.16. The number of carbonyl (C=O) groups is 1. The van der Waals surface area contributed by atoms with E-state index in [1.807, 2.05) is 4.68 Å². The molecule has 18 heavy (non-hydrogen) atoms. The molecule has 98 valence electrons. The third kappa shape index (κ3) is 2.03. The Bertz CT molecular complexity index is 461. The maximum absolute atomic E-state index is 11.3. The number of hydrogen-bond acceptors (Lipinski definition) is 4. The minimum absolute atomic E-state index is 0.258. The lowest BCUT2D eigenvalue weighted by Gasteiger charge is -2.21. The number of rotatable bonds is 2. The van der Waals surface area contributed by atoms with E-state index in [1.165, 1.54) is 6.92 Å². The van der Waals surface area contributed by atoms with Gasteiger partial charge in [-0.05, 0) is 25.7 Å². The Kier molecular flexibility index (Phi) is 3.07. The van der Waals surface area contributed by atoms with Crippen LogP contribution in [0.4, 0.5) is 0 Å². The Morgan fingerprint density at radius 1 is 1.44 bits per heavy atom. The summed E-state index contributed by atoms with van der Waals surface area (Å²) in [6.07, 6.45) is 3.97. The number of hydrogen-bond donors (Lipinski definition) is 0. The fraction of sp³-hybridized carbons (Fsp3) is 0.692. The zero-order valence-electron chi connectivity index (χ0n) is 10.6. The summed E-state index contributed by atoms with van der Waals surface area (Å²) in [5.41, 5.74) is 2.05. The summed E-state index contributed by atoms with van der Waals surface area (Å²) in [5, 5.41) is 4.65. The Morgan fingerprint density at radius 2 is 2.22 bits per heavy atom. The van der Waals surface area contributed by atoms with Crippen molar-refractivity contribution < 1.29 is 14.3 Å². The van der Waals surface area contributed by atoms with Gasteiger partial charge in [-0.25, -0.2) is 0 Å². The summed E-state index contributed by atoms with van der Waals surface area (Å²) < 4.78 is 12.8. The molecule has 2 aliphatic rings. The van der Waals surface area contributed by atoms with Crippen molar-refractivity contribution in [3.8, 4) is 5.75 Å². The summed E-state index contributed by atoms with van der Waals surface area (Å²) in [6.45, 7) is 3.93. The Morgan fingerprint density at radius 3 is 2.94 bits per heavy atom. The van der Waals surface area contributed by atoms with Crippen LogP contribution in [0.5, 0.6) is 5.75 Å². The van der Waals surface area contributed by atoms with Gasteiger partial charge in [-0.2, -0.15) is 5.10 Å². The zero-order valence-corrected chi connectivity index (χ0v) is 10.6. The summed E-state index contributed by atoms with van der Waals surface area (Å²) in [5.74, 6) is 0.837. The van der Waals surface area contributed by atoms with Gasteiger partial charge in [-0.1, -0.05) is 0 Å². The highest BCUT2D eigenvalue weighted by Gasteiger charge is 2.29. The highest BCUT2D eigenvalue weighted by molar-refractivity contribution is 5.70. The second-order valence-electron chi connectivity index (χ2n) is 4.97. The lowest BCUT2D eigenvalue weighted by atomic mass is 9.95. The number of nitrogens with zero attached hydrogens (tertiary/aromatic N) is 2. The third-order valence-corrected chi connectivity index (χ3v) is 3.67. The first-order valence-corrected chi connectivity index (χ1v) is 6.61. The van der Waals surface area contributed by atoms with Crippen molar-refractivity contribution >= 4 is 5.97 Å². The van der Waals surface area contributed by atoms with E-state index in [9.17, 15) is 4.79 Å². The minimum atomic E-state index is -0.258. The first-order chi connectivity index (χ1) is 8.75. The molecule has 0 spiro atoms. The zero-order chi connectivity index (χ0) is 12.5. The third-order valence-electron chi connectivity index (χ3n) is 3.67. The average molecular weight is 250 g/mol. The molecule has 0 atom stereocenters. The molecule has 0 N–H and O–H groups in total. The first-order valence-electron chi connectivity index (χ1n) is 6.61. The predicted molar refractivity (Wildman–Crippen MR) is 64.7 cm³/mol. The van der Waals surface area contributed by atoms with Crippen molar-refractivity contribution in [3.05, 3.63) is 11.4 Å². The van der Waals surface area contributed by atoms with E-state index >= 15 is 0 Å².